The highest BCUT2D eigenvalue weighted by atomic mass is 79.9. The average Bonchev–Trinajstić information content (AvgIpc) is 3.14. The van der Waals surface area contributed by atoms with E-state index in [1.54, 1.807) is 5.38 Å². The molecule has 0 fully saturated rings. The smallest absolute Gasteiger partial charge is 0.338 e. The Morgan fingerprint density at radius 2 is 2.07 bits per heavy atom. The van der Waals surface area contributed by atoms with E-state index in [0.29, 0.717) is 10.8 Å². The van der Waals surface area contributed by atoms with Gasteiger partial charge in [0.05, 0.1) is 16.2 Å². The third kappa shape index (κ3) is 5.15. The molecule has 29 heavy (non-hydrogen) atoms. The molecule has 148 valence electrons. The molecule has 0 atom stereocenters. The van der Waals surface area contributed by atoms with Crippen LogP contribution in [-0.4, -0.2) is 28.4 Å². The van der Waals surface area contributed by atoms with Gasteiger partial charge in [-0.25, -0.2) is 9.78 Å². The number of esters is 1. The highest BCUT2D eigenvalue weighted by Gasteiger charge is 2.18. The molecule has 0 radical (unpaired) electrons. The van der Waals surface area contributed by atoms with Crippen LogP contribution in [0.1, 0.15) is 10.4 Å². The molecule has 0 saturated heterocycles. The minimum atomic E-state index is -0.878. The quantitative estimate of drug-likeness (QED) is 0.238. The van der Waals surface area contributed by atoms with E-state index in [4.69, 9.17) is 10.5 Å². The molecular formula is C18H13BrN4O5S. The summed E-state index contributed by atoms with van der Waals surface area (Å²) in [5, 5.41) is 15.6. The Kier molecular flexibility index (Phi) is 6.20. The van der Waals surface area contributed by atoms with Crippen molar-refractivity contribution < 1.29 is 19.2 Å². The molecule has 1 heterocycles. The Balaban J connectivity index is 1.58. The fraction of sp³-hybridized carbons (Fsp3) is 0.0556. The Labute approximate surface area is 176 Å². The largest absolute Gasteiger partial charge is 0.452 e. The number of ether oxygens (including phenoxy) is 1. The number of nitrogens with one attached hydrogen (secondary N) is 1. The van der Waals surface area contributed by atoms with Gasteiger partial charge in [0.2, 0.25) is 0 Å². The van der Waals surface area contributed by atoms with Crippen molar-refractivity contribution >= 4 is 55.6 Å². The zero-order valence-electron chi connectivity index (χ0n) is 14.6. The summed E-state index contributed by atoms with van der Waals surface area (Å²) in [7, 11) is 0. The van der Waals surface area contributed by atoms with E-state index in [1.807, 2.05) is 24.3 Å². The number of hydrogen-bond acceptors (Lipinski definition) is 8. The number of carbonyl (C=O) groups excluding carboxylic acids is 2. The second-order valence-corrected chi connectivity index (χ2v) is 7.48. The lowest BCUT2D eigenvalue weighted by molar-refractivity contribution is -0.383. The van der Waals surface area contributed by atoms with Crippen LogP contribution in [0.5, 0.6) is 0 Å². The first-order chi connectivity index (χ1) is 13.8. The van der Waals surface area contributed by atoms with Crippen LogP contribution in [0.25, 0.3) is 11.3 Å². The van der Waals surface area contributed by atoms with Gasteiger partial charge in [-0.1, -0.05) is 28.1 Å². The maximum absolute atomic E-state index is 12.0. The third-order valence-corrected chi connectivity index (χ3v) is 4.92. The summed E-state index contributed by atoms with van der Waals surface area (Å²) in [6.45, 7) is -0.567. The molecule has 1 aromatic heterocycles. The topological polar surface area (TPSA) is 137 Å². The van der Waals surface area contributed by atoms with Crippen LogP contribution in [0.4, 0.5) is 16.5 Å². The van der Waals surface area contributed by atoms with Crippen LogP contribution in [0.15, 0.2) is 52.3 Å². The Morgan fingerprint density at radius 1 is 1.28 bits per heavy atom. The predicted molar refractivity (Wildman–Crippen MR) is 112 cm³/mol. The van der Waals surface area contributed by atoms with Gasteiger partial charge in [0, 0.05) is 21.5 Å². The van der Waals surface area contributed by atoms with Crippen molar-refractivity contribution in [1.82, 2.24) is 4.98 Å². The summed E-state index contributed by atoms with van der Waals surface area (Å²) < 4.78 is 5.81. The van der Waals surface area contributed by atoms with E-state index < -0.39 is 29.1 Å². The van der Waals surface area contributed by atoms with Crippen LogP contribution in [0.3, 0.4) is 0 Å². The summed E-state index contributed by atoms with van der Waals surface area (Å²) in [4.78, 5) is 38.6. The standard InChI is InChI=1S/C18H13BrN4O5S/c19-12-3-1-2-10(6-12)14-9-29-18(21-14)22-16(24)8-28-17(25)11-4-5-13(20)15(7-11)23(26)27/h1-7,9H,8,20H2,(H,21,22,24). The van der Waals surface area contributed by atoms with Crippen LogP contribution in [0, 0.1) is 10.1 Å². The molecule has 11 heteroatoms. The Hall–Kier alpha value is -3.31. The van der Waals surface area contributed by atoms with Gasteiger partial charge in [0.25, 0.3) is 11.6 Å². The van der Waals surface area contributed by atoms with Crippen molar-refractivity contribution in [2.24, 2.45) is 0 Å². The summed E-state index contributed by atoms with van der Waals surface area (Å²) >= 11 is 4.62. The van der Waals surface area contributed by atoms with Crippen molar-refractivity contribution in [2.75, 3.05) is 17.7 Å². The van der Waals surface area contributed by atoms with Gasteiger partial charge in [-0.15, -0.1) is 11.3 Å². The number of carbonyl (C=O) groups is 2. The number of nitrogens with zero attached hydrogens (tertiary/aromatic N) is 2. The fourth-order valence-electron chi connectivity index (χ4n) is 2.31. The molecule has 1 amide bonds. The maximum Gasteiger partial charge on any atom is 0.338 e. The molecule has 3 aromatic rings. The van der Waals surface area contributed by atoms with Gasteiger partial charge < -0.3 is 10.5 Å². The van der Waals surface area contributed by atoms with Gasteiger partial charge in [0.15, 0.2) is 11.7 Å². The molecule has 0 bridgehead atoms. The van der Waals surface area contributed by atoms with Crippen molar-refractivity contribution in [3.63, 3.8) is 0 Å². The maximum atomic E-state index is 12.0. The average molecular weight is 477 g/mol. The van der Waals surface area contributed by atoms with Gasteiger partial charge in [-0.3, -0.25) is 20.2 Å². The number of thiazole rings is 1. The first kappa shape index (κ1) is 20.4. The number of nitro groups is 1. The second kappa shape index (κ2) is 8.80. The van der Waals surface area contributed by atoms with E-state index in [-0.39, 0.29) is 11.3 Å². The number of amides is 1. The monoisotopic (exact) mass is 476 g/mol. The molecule has 0 aliphatic rings. The number of halogens is 1. The molecular weight excluding hydrogens is 464 g/mol. The van der Waals surface area contributed by atoms with Crippen molar-refractivity contribution in [3.8, 4) is 11.3 Å². The van der Waals surface area contributed by atoms with Crippen LogP contribution < -0.4 is 11.1 Å². The normalized spacial score (nSPS) is 10.4. The predicted octanol–water partition coefficient (Wildman–Crippen LogP) is 3.86. The number of nitrogens with two attached hydrogens (primary N) is 1. The molecule has 0 aliphatic carbocycles. The Morgan fingerprint density at radius 3 is 2.79 bits per heavy atom. The summed E-state index contributed by atoms with van der Waals surface area (Å²) in [5.41, 5.74) is 6.49. The number of anilines is 2. The minimum absolute atomic E-state index is 0.0747. The number of rotatable bonds is 6. The van der Waals surface area contributed by atoms with Crippen molar-refractivity contribution in [2.45, 2.75) is 0 Å². The zero-order valence-corrected chi connectivity index (χ0v) is 17.0. The highest BCUT2D eigenvalue weighted by Crippen LogP contribution is 2.27. The van der Waals surface area contributed by atoms with E-state index in [9.17, 15) is 19.7 Å². The number of nitrogen functional groups attached to an aromatic ring is 1. The van der Waals surface area contributed by atoms with Crippen LogP contribution in [-0.2, 0) is 9.53 Å². The first-order valence-corrected chi connectivity index (χ1v) is 9.73. The van der Waals surface area contributed by atoms with Gasteiger partial charge in [0.1, 0.15) is 5.69 Å². The first-order valence-electron chi connectivity index (χ1n) is 8.06. The lowest BCUT2D eigenvalue weighted by atomic mass is 10.2. The molecule has 2 aromatic carbocycles. The summed E-state index contributed by atoms with van der Waals surface area (Å²) in [6.07, 6.45) is 0. The van der Waals surface area contributed by atoms with E-state index in [2.05, 4.69) is 26.2 Å². The van der Waals surface area contributed by atoms with Gasteiger partial charge in [-0.05, 0) is 24.3 Å². The van der Waals surface area contributed by atoms with Crippen LogP contribution in [0.2, 0.25) is 0 Å². The van der Waals surface area contributed by atoms with Gasteiger partial charge in [-0.2, -0.15) is 0 Å². The third-order valence-electron chi connectivity index (χ3n) is 3.67. The number of nitro benzene ring substituents is 1. The van der Waals surface area contributed by atoms with E-state index >= 15 is 0 Å². The van der Waals surface area contributed by atoms with Crippen LogP contribution >= 0.6 is 27.3 Å². The molecule has 3 N–H and O–H groups in total. The molecule has 0 spiro atoms. The zero-order chi connectivity index (χ0) is 21.0. The lowest BCUT2D eigenvalue weighted by Gasteiger charge is -2.05. The minimum Gasteiger partial charge on any atom is -0.452 e. The second-order valence-electron chi connectivity index (χ2n) is 5.70. The SMILES string of the molecule is Nc1ccc(C(=O)OCC(=O)Nc2nc(-c3cccc(Br)c3)cs2)cc1[N+](=O)[O-]. The Bertz CT molecular complexity index is 1100. The molecule has 3 rings (SSSR count). The molecule has 0 aliphatic heterocycles. The highest BCUT2D eigenvalue weighted by molar-refractivity contribution is 9.10. The van der Waals surface area contributed by atoms with Gasteiger partial charge >= 0.3 is 5.97 Å². The van der Waals surface area contributed by atoms with Crippen molar-refractivity contribution in [3.05, 3.63) is 68.0 Å². The number of hydrogen-bond donors (Lipinski definition) is 2. The van der Waals surface area contributed by atoms with E-state index in [0.717, 1.165) is 16.1 Å². The van der Waals surface area contributed by atoms with Crippen molar-refractivity contribution in [1.29, 1.82) is 0 Å². The molecule has 0 unspecified atom stereocenters. The lowest BCUT2D eigenvalue weighted by Crippen LogP contribution is -2.21. The summed E-state index contributed by atoms with van der Waals surface area (Å²) in [6, 6.07) is 11.1. The fourth-order valence-corrected chi connectivity index (χ4v) is 3.45. The molecule has 9 nitrogen and oxygen atoms in total. The number of aromatic nitrogens is 1. The molecule has 0 saturated carbocycles. The van der Waals surface area contributed by atoms with E-state index in [1.165, 1.54) is 23.5 Å². The summed E-state index contributed by atoms with van der Waals surface area (Å²) in [5.74, 6) is -1.46. The number of benzene rings is 2.